The third-order valence-corrected chi connectivity index (χ3v) is 3.27. The van der Waals surface area contributed by atoms with E-state index < -0.39 is 5.97 Å². The Kier molecular flexibility index (Phi) is 7.45. The number of carbonyl (C=O) groups is 1. The summed E-state index contributed by atoms with van der Waals surface area (Å²) >= 11 is 0. The molecule has 1 aliphatic heterocycles. The average molecular weight is 376 g/mol. The molecule has 0 N–H and O–H groups in total. The molecule has 2 fully saturated rings. The van der Waals surface area contributed by atoms with E-state index in [1.807, 2.05) is 57.8 Å². The van der Waals surface area contributed by atoms with Crippen LogP contribution in [-0.2, 0) is 26.6 Å². The maximum Gasteiger partial charge on any atom is 2.00 e. The van der Waals surface area contributed by atoms with E-state index in [1.165, 1.54) is 0 Å². The predicted octanol–water partition coefficient (Wildman–Crippen LogP) is 2.90. The molecular formula is C19H16FeN2O3+2. The van der Waals surface area contributed by atoms with Gasteiger partial charge in [-0.25, -0.2) is 14.8 Å². The van der Waals surface area contributed by atoms with Gasteiger partial charge in [-0.3, -0.25) is 0 Å². The van der Waals surface area contributed by atoms with Crippen molar-refractivity contribution < 1.29 is 31.0 Å². The number of aliphatic imine (C=N–C) groups is 1. The van der Waals surface area contributed by atoms with E-state index in [1.54, 1.807) is 19.9 Å². The number of ether oxygens (including phenoxy) is 1. The van der Waals surface area contributed by atoms with Gasteiger partial charge in [-0.05, 0) is 70.8 Å². The van der Waals surface area contributed by atoms with Gasteiger partial charge in [0.2, 0.25) is 0 Å². The Balaban J connectivity index is 0.000000325. The van der Waals surface area contributed by atoms with Gasteiger partial charge in [0.15, 0.2) is 11.6 Å². The van der Waals surface area contributed by atoms with Crippen LogP contribution in [0.25, 0.3) is 0 Å². The molecule has 0 atom stereocenters. The van der Waals surface area contributed by atoms with Gasteiger partial charge >= 0.3 is 23.0 Å². The molecule has 1 aromatic rings. The summed E-state index contributed by atoms with van der Waals surface area (Å²) in [5, 5.41) is 0. The topological polar surface area (TPSA) is 64.7 Å². The third-order valence-electron chi connectivity index (χ3n) is 3.27. The fraction of sp³-hybridized carbons (Fsp3) is 0.105. The summed E-state index contributed by atoms with van der Waals surface area (Å²) in [6.07, 6.45) is 19.2. The smallest absolute Gasteiger partial charge is 0.445 e. The van der Waals surface area contributed by atoms with E-state index in [0.29, 0.717) is 17.3 Å². The van der Waals surface area contributed by atoms with Gasteiger partial charge in [0.1, 0.15) is 11.5 Å². The summed E-state index contributed by atoms with van der Waals surface area (Å²) in [7, 11) is 0. The first-order chi connectivity index (χ1) is 11.6. The normalized spacial score (nSPS) is 21.6. The zero-order chi connectivity index (χ0) is 16.9. The van der Waals surface area contributed by atoms with Crippen LogP contribution in [0.1, 0.15) is 17.3 Å². The van der Waals surface area contributed by atoms with Crippen molar-refractivity contribution in [2.24, 2.45) is 4.99 Å². The molecule has 0 amide bonds. The second-order valence-corrected chi connectivity index (χ2v) is 5.15. The molecular weight excluding hydrogens is 360 g/mol. The van der Waals surface area contributed by atoms with Crippen molar-refractivity contribution in [2.75, 3.05) is 0 Å². The van der Waals surface area contributed by atoms with Crippen LogP contribution in [0.3, 0.4) is 0 Å². The Morgan fingerprint density at radius 1 is 0.960 bits per heavy atom. The second-order valence-electron chi connectivity index (χ2n) is 5.15. The minimum atomic E-state index is -0.476. The first-order valence-corrected chi connectivity index (χ1v) is 7.49. The zero-order valence-corrected chi connectivity index (χ0v) is 14.9. The molecule has 0 saturated heterocycles. The molecule has 6 heteroatoms. The van der Waals surface area contributed by atoms with Crippen LogP contribution in [0.15, 0.2) is 21.2 Å². The molecule has 10 radical (unpaired) electrons. The molecule has 0 unspecified atom stereocenters. The SMILES string of the molecule is Cc1nc(C2=N/C(=C\[C]3[CH][CH][CH][CH]3)C(=O)O2)c(C)o1.[CH]1[CH][CH][CH][CH]1.[Fe+2]. The molecule has 1 aromatic heterocycles. The number of carbonyl (C=O) groups excluding carboxylic acids is 1. The molecule has 4 rings (SSSR count). The summed E-state index contributed by atoms with van der Waals surface area (Å²) < 4.78 is 10.4. The van der Waals surface area contributed by atoms with E-state index in [-0.39, 0.29) is 28.7 Å². The number of aromatic nitrogens is 1. The fourth-order valence-electron chi connectivity index (χ4n) is 2.20. The van der Waals surface area contributed by atoms with Crippen molar-refractivity contribution in [3.8, 4) is 0 Å². The van der Waals surface area contributed by atoms with E-state index >= 15 is 0 Å². The van der Waals surface area contributed by atoms with Crippen molar-refractivity contribution in [1.29, 1.82) is 0 Å². The first-order valence-electron chi connectivity index (χ1n) is 7.49. The molecule has 0 aromatic carbocycles. The van der Waals surface area contributed by atoms with Crippen molar-refractivity contribution in [1.82, 2.24) is 4.98 Å². The van der Waals surface area contributed by atoms with Crippen molar-refractivity contribution in [2.45, 2.75) is 13.8 Å². The number of oxazole rings is 1. The number of cyclic esters (lactones) is 1. The minimum absolute atomic E-state index is 0. The zero-order valence-electron chi connectivity index (χ0n) is 13.7. The van der Waals surface area contributed by atoms with Crippen LogP contribution < -0.4 is 0 Å². The van der Waals surface area contributed by atoms with Crippen LogP contribution in [0, 0.1) is 77.6 Å². The van der Waals surface area contributed by atoms with Crippen LogP contribution in [0.5, 0.6) is 0 Å². The van der Waals surface area contributed by atoms with Gasteiger partial charge in [0.25, 0.3) is 5.90 Å². The van der Waals surface area contributed by atoms with Crippen LogP contribution >= 0.6 is 0 Å². The van der Waals surface area contributed by atoms with E-state index in [9.17, 15) is 4.79 Å². The molecule has 0 bridgehead atoms. The van der Waals surface area contributed by atoms with Gasteiger partial charge in [-0.1, -0.05) is 0 Å². The number of esters is 1. The van der Waals surface area contributed by atoms with Crippen LogP contribution in [0.4, 0.5) is 0 Å². The number of rotatable bonds is 2. The van der Waals surface area contributed by atoms with Gasteiger partial charge in [0, 0.05) is 12.8 Å². The second kappa shape index (κ2) is 9.35. The van der Waals surface area contributed by atoms with E-state index in [4.69, 9.17) is 9.15 Å². The van der Waals surface area contributed by atoms with Gasteiger partial charge in [-0.2, -0.15) is 0 Å². The quantitative estimate of drug-likeness (QED) is 0.452. The van der Waals surface area contributed by atoms with E-state index in [2.05, 4.69) is 9.98 Å². The maximum atomic E-state index is 11.7. The molecule has 0 spiro atoms. The van der Waals surface area contributed by atoms with Crippen LogP contribution in [0.2, 0.25) is 0 Å². The summed E-state index contributed by atoms with van der Waals surface area (Å²) in [4.78, 5) is 20.1. The molecule has 2 heterocycles. The molecule has 25 heavy (non-hydrogen) atoms. The average Bonchev–Trinajstić information content (AvgIpc) is 3.32. The molecule has 126 valence electrons. The number of hydrogen-bond acceptors (Lipinski definition) is 5. The van der Waals surface area contributed by atoms with Crippen molar-refractivity contribution in [3.05, 3.63) is 92.8 Å². The third kappa shape index (κ3) is 5.29. The number of nitrogens with zero attached hydrogens (tertiary/aromatic N) is 2. The number of hydrogen-bond donors (Lipinski definition) is 0. The predicted molar refractivity (Wildman–Crippen MR) is 88.6 cm³/mol. The van der Waals surface area contributed by atoms with Crippen molar-refractivity contribution >= 4 is 11.9 Å². The standard InChI is InChI=1S/C14H11N2O3.C5H5.Fe/c1-8-12(15-9(2)18-8)13-16-11(14(17)19-13)7-10-5-3-4-6-10;1-2-4-5-3-1;/h3-7H,1-2H3;1-5H;/q;;+2/b11-7-;;. The number of allylic oxidation sites excluding steroid dienone is 1. The van der Waals surface area contributed by atoms with Gasteiger partial charge in [-0.15, -0.1) is 0 Å². The van der Waals surface area contributed by atoms with Crippen LogP contribution in [-0.4, -0.2) is 16.9 Å². The number of aryl methyl sites for hydroxylation is 2. The fourth-order valence-corrected chi connectivity index (χ4v) is 2.20. The summed E-state index contributed by atoms with van der Waals surface area (Å²) in [6, 6.07) is 0. The van der Waals surface area contributed by atoms with Gasteiger partial charge < -0.3 is 9.15 Å². The Morgan fingerprint density at radius 3 is 2.08 bits per heavy atom. The maximum absolute atomic E-state index is 11.7. The largest absolute Gasteiger partial charge is 2.00 e. The molecule has 2 saturated carbocycles. The molecule has 5 nitrogen and oxygen atoms in total. The summed E-state index contributed by atoms with van der Waals surface area (Å²) in [5.74, 6) is 1.72. The molecule has 2 aliphatic carbocycles. The summed E-state index contributed by atoms with van der Waals surface area (Å²) in [5.41, 5.74) is 0.734. The van der Waals surface area contributed by atoms with Crippen molar-refractivity contribution in [3.63, 3.8) is 0 Å². The van der Waals surface area contributed by atoms with E-state index in [0.717, 1.165) is 5.92 Å². The monoisotopic (exact) mass is 376 g/mol. The Bertz CT molecular complexity index is 646. The Labute approximate surface area is 159 Å². The van der Waals surface area contributed by atoms with Gasteiger partial charge in [0.05, 0.1) is 0 Å². The minimum Gasteiger partial charge on any atom is -0.445 e. The first kappa shape index (κ1) is 19.9. The Hall–Kier alpha value is -1.39. The molecule has 3 aliphatic rings. The Morgan fingerprint density at radius 2 is 1.56 bits per heavy atom. The summed E-state index contributed by atoms with van der Waals surface area (Å²) in [6.45, 7) is 3.49.